The van der Waals surface area contributed by atoms with E-state index in [1.54, 1.807) is 20.8 Å². The number of Topliss-reactive ketones (excluding diaryl/α,β-unsaturated/α-hetero) is 1. The molecule has 4 fully saturated rings. The summed E-state index contributed by atoms with van der Waals surface area (Å²) in [5, 5.41) is 136. The van der Waals surface area contributed by atoms with Gasteiger partial charge in [0, 0.05) is 18.4 Å². The van der Waals surface area contributed by atoms with Crippen molar-refractivity contribution in [2.75, 3.05) is 26.4 Å². The maximum absolute atomic E-state index is 12.4. The second kappa shape index (κ2) is 25.6. The number of hydrogen-bond donors (Lipinski definition) is 13. The second-order valence-electron chi connectivity index (χ2n) is 20.2. The van der Waals surface area contributed by atoms with E-state index >= 15 is 0 Å². The van der Waals surface area contributed by atoms with Gasteiger partial charge in [0.1, 0.15) is 85.1 Å². The lowest BCUT2D eigenvalue weighted by atomic mass is 9.54. The zero-order chi connectivity index (χ0) is 51.8. The predicted octanol–water partition coefficient (Wildman–Crippen LogP) is -1.54. The van der Waals surface area contributed by atoms with Gasteiger partial charge in [-0.05, 0) is 110 Å². The number of ketones is 1. The lowest BCUT2D eigenvalue weighted by Gasteiger charge is -2.53. The van der Waals surface area contributed by atoms with Crippen LogP contribution < -0.4 is 0 Å². The number of allylic oxidation sites excluding steroid dienone is 4. The van der Waals surface area contributed by atoms with Crippen LogP contribution in [0.3, 0.4) is 0 Å². The van der Waals surface area contributed by atoms with Crippen LogP contribution in [0, 0.1) is 11.3 Å². The number of aliphatic hydroxyl groups is 13. The third-order valence-corrected chi connectivity index (χ3v) is 14.7. The van der Waals surface area contributed by atoms with Gasteiger partial charge in [-0.3, -0.25) is 9.59 Å². The minimum absolute atomic E-state index is 0.0399. The van der Waals surface area contributed by atoms with E-state index in [-0.39, 0.29) is 31.1 Å². The Morgan fingerprint density at radius 2 is 1.28 bits per heavy atom. The van der Waals surface area contributed by atoms with Gasteiger partial charge in [-0.1, -0.05) is 30.2 Å². The molecule has 3 unspecified atom stereocenters. The van der Waals surface area contributed by atoms with E-state index in [4.69, 9.17) is 28.4 Å². The molecule has 21 nitrogen and oxygen atoms in total. The van der Waals surface area contributed by atoms with Crippen LogP contribution in [0.4, 0.5) is 0 Å². The molecule has 4 rings (SSSR count). The Bertz CT molecular complexity index is 1740. The molecule has 69 heavy (non-hydrogen) atoms. The van der Waals surface area contributed by atoms with Gasteiger partial charge in [0.25, 0.3) is 0 Å². The van der Waals surface area contributed by atoms with Crippen molar-refractivity contribution in [1.29, 1.82) is 0 Å². The summed E-state index contributed by atoms with van der Waals surface area (Å²) >= 11 is 0. The van der Waals surface area contributed by atoms with Crippen molar-refractivity contribution < 1.29 is 104 Å². The van der Waals surface area contributed by atoms with Gasteiger partial charge < -0.3 is 94.8 Å². The summed E-state index contributed by atoms with van der Waals surface area (Å²) in [7, 11) is 0. The molecule has 0 aromatic heterocycles. The first kappa shape index (κ1) is 59.4. The van der Waals surface area contributed by atoms with Crippen LogP contribution >= 0.6 is 0 Å². The van der Waals surface area contributed by atoms with E-state index in [9.17, 15) is 76.0 Å². The standard InChI is InChI=1S/C48H80O21/c1-24(13-15-33(52)46(4,5)62)12-14-29(66-45-42(61)38(57)35(54)31(22-51)68-45)25(2)10-8-17-47(6)28(27(26(3)20-49)16-18-48(47,7)63)11-9-19-64-43-40(59)39(58)36(55)32(69-43)23-65-44-41(60)37(56)34(53)30(21-50)67-44/h10,12,20,28-32,34-45,50-51,53-63H,8-9,11,13-19,21-23H2,1-7H3/b24-12+,25-10+,27-26+/t28?,29?,30-,31-,32-,34-,35-,36-,37+,38+,39+,40-,41-,42-,43+,44+,45-,47?,48+/m1/s1. The van der Waals surface area contributed by atoms with Crippen LogP contribution in [0.15, 0.2) is 34.4 Å². The Hall–Kier alpha value is -2.20. The van der Waals surface area contributed by atoms with Crippen LogP contribution in [0.1, 0.15) is 106 Å². The molecular formula is C48H80O21. The fourth-order valence-corrected chi connectivity index (χ4v) is 9.60. The summed E-state index contributed by atoms with van der Waals surface area (Å²) in [5.74, 6) is -0.682. The van der Waals surface area contributed by atoms with Crippen LogP contribution in [0.5, 0.6) is 0 Å². The Labute approximate surface area is 403 Å². The Morgan fingerprint density at radius 1 is 0.754 bits per heavy atom. The number of ether oxygens (including phenoxy) is 6. The maximum atomic E-state index is 12.4. The first-order chi connectivity index (χ1) is 32.2. The van der Waals surface area contributed by atoms with Gasteiger partial charge in [-0.15, -0.1) is 0 Å². The van der Waals surface area contributed by atoms with Gasteiger partial charge in [0.2, 0.25) is 0 Å². The summed E-state index contributed by atoms with van der Waals surface area (Å²) in [6.45, 7) is 9.99. The average molecular weight is 993 g/mol. The monoisotopic (exact) mass is 993 g/mol. The number of carbonyl (C=O) groups is 2. The topological polar surface area (TPSA) is 353 Å². The molecule has 3 saturated heterocycles. The molecule has 3 aliphatic heterocycles. The van der Waals surface area contributed by atoms with E-state index in [0.29, 0.717) is 56.1 Å². The summed E-state index contributed by atoms with van der Waals surface area (Å²) in [6.07, 6.45) is -16.6. The minimum atomic E-state index is -1.75. The highest BCUT2D eigenvalue weighted by molar-refractivity contribution is 5.86. The lowest BCUT2D eigenvalue weighted by Crippen LogP contribution is -2.61. The second-order valence-corrected chi connectivity index (χ2v) is 20.2. The zero-order valence-corrected chi connectivity index (χ0v) is 40.8. The molecule has 21 heteroatoms. The van der Waals surface area contributed by atoms with Crippen molar-refractivity contribution in [3.8, 4) is 0 Å². The number of carbonyl (C=O) groups excluding carboxylic acids is 2. The van der Waals surface area contributed by atoms with E-state index in [1.807, 2.05) is 26.0 Å². The van der Waals surface area contributed by atoms with Crippen LogP contribution in [0.25, 0.3) is 0 Å². The molecule has 0 spiro atoms. The van der Waals surface area contributed by atoms with Crippen molar-refractivity contribution in [2.45, 2.75) is 216 Å². The lowest BCUT2D eigenvalue weighted by molar-refractivity contribution is -0.331. The third kappa shape index (κ3) is 14.5. The highest BCUT2D eigenvalue weighted by atomic mass is 16.7. The van der Waals surface area contributed by atoms with Gasteiger partial charge in [-0.2, -0.15) is 0 Å². The molecule has 1 saturated carbocycles. The van der Waals surface area contributed by atoms with Gasteiger partial charge >= 0.3 is 0 Å². The summed E-state index contributed by atoms with van der Waals surface area (Å²) in [5.41, 5.74) is -0.653. The molecule has 13 N–H and O–H groups in total. The van der Waals surface area contributed by atoms with Crippen molar-refractivity contribution in [1.82, 2.24) is 0 Å². The molecule has 4 aliphatic rings. The zero-order valence-electron chi connectivity index (χ0n) is 40.8. The Kier molecular flexibility index (Phi) is 22.1. The molecule has 398 valence electrons. The largest absolute Gasteiger partial charge is 0.394 e. The van der Waals surface area contributed by atoms with Crippen molar-refractivity contribution >= 4 is 12.1 Å². The summed E-state index contributed by atoms with van der Waals surface area (Å²) in [4.78, 5) is 24.7. The fraction of sp³-hybridized carbons (Fsp3) is 0.833. The smallest absolute Gasteiger partial charge is 0.187 e. The Morgan fingerprint density at radius 3 is 1.83 bits per heavy atom. The van der Waals surface area contributed by atoms with Crippen LogP contribution in [-0.2, 0) is 38.0 Å². The molecule has 0 radical (unpaired) electrons. The normalized spacial score (nSPS) is 40.6. The average Bonchev–Trinajstić information content (AvgIpc) is 3.30. The maximum Gasteiger partial charge on any atom is 0.187 e. The minimum Gasteiger partial charge on any atom is -0.394 e. The van der Waals surface area contributed by atoms with Crippen molar-refractivity contribution in [3.63, 3.8) is 0 Å². The van der Waals surface area contributed by atoms with Crippen LogP contribution in [0.2, 0.25) is 0 Å². The van der Waals surface area contributed by atoms with E-state index in [2.05, 4.69) is 0 Å². The SMILES string of the molecule is C/C(=C\CC(O[C@@H]1O[C@H](CO)[C@@H](O)[C@H](O)[C@H]1O)/C(C)=C/CCC1(C)C(CCCO[C@H]2O[C@H](CO[C@H]3O[C@H](CO)[C@@H](O)[C@H](O)[C@H]3O)[C@@H](O)[C@H](O)[C@H]2O)/C(=C(\C)C=O)CC[C@]1(C)O)CCC(=O)C(C)(C)O. The highest BCUT2D eigenvalue weighted by Gasteiger charge is 2.53. The molecule has 3 heterocycles. The fourth-order valence-electron chi connectivity index (χ4n) is 9.60. The van der Waals surface area contributed by atoms with Crippen LogP contribution in [-0.4, -0.2) is 214 Å². The van der Waals surface area contributed by atoms with E-state index < -0.39 is 135 Å². The Balaban J connectivity index is 1.49. The first-order valence-electron chi connectivity index (χ1n) is 23.9. The third-order valence-electron chi connectivity index (χ3n) is 14.7. The molecule has 0 aromatic rings. The molecular weight excluding hydrogens is 913 g/mol. The van der Waals surface area contributed by atoms with E-state index in [1.165, 1.54) is 13.8 Å². The van der Waals surface area contributed by atoms with E-state index in [0.717, 1.165) is 17.4 Å². The molecule has 0 bridgehead atoms. The van der Waals surface area contributed by atoms with Gasteiger partial charge in [0.05, 0.1) is 31.5 Å². The highest BCUT2D eigenvalue weighted by Crippen LogP contribution is 2.55. The van der Waals surface area contributed by atoms with Crippen molar-refractivity contribution in [3.05, 3.63) is 34.4 Å². The summed E-state index contributed by atoms with van der Waals surface area (Å²) < 4.78 is 34.5. The molecule has 0 amide bonds. The van der Waals surface area contributed by atoms with Gasteiger partial charge in [0.15, 0.2) is 24.7 Å². The predicted molar refractivity (Wildman–Crippen MR) is 242 cm³/mol. The van der Waals surface area contributed by atoms with Crippen molar-refractivity contribution in [2.24, 2.45) is 11.3 Å². The first-order valence-corrected chi connectivity index (χ1v) is 23.9. The number of hydrogen-bond acceptors (Lipinski definition) is 21. The van der Waals surface area contributed by atoms with Gasteiger partial charge in [-0.25, -0.2) is 0 Å². The number of aliphatic hydroxyl groups excluding tert-OH is 11. The molecule has 1 aliphatic carbocycles. The molecule has 19 atom stereocenters. The number of aldehydes is 1. The number of rotatable bonds is 23. The quantitative estimate of drug-likeness (QED) is 0.0239. The molecule has 0 aromatic carbocycles. The summed E-state index contributed by atoms with van der Waals surface area (Å²) in [6, 6.07) is 0.